The van der Waals surface area contributed by atoms with Gasteiger partial charge in [0, 0.05) is 39.1 Å². The average molecular weight is 694 g/mol. The van der Waals surface area contributed by atoms with E-state index in [9.17, 15) is 41.5 Å². The smallest absolute Gasteiger partial charge is 0.419 e. The summed E-state index contributed by atoms with van der Waals surface area (Å²) in [5.41, 5.74) is -1.95. The molecule has 1 aromatic carbocycles. The predicted octanol–water partition coefficient (Wildman–Crippen LogP) is 5.36. The summed E-state index contributed by atoms with van der Waals surface area (Å²) in [5.74, 6) is -2.01. The molecule has 1 atom stereocenters. The first-order valence-corrected chi connectivity index (χ1v) is 15.2. The van der Waals surface area contributed by atoms with Crippen molar-refractivity contribution in [2.45, 2.75) is 70.9 Å². The lowest BCUT2D eigenvalue weighted by molar-refractivity contribution is -0.134. The fourth-order valence-corrected chi connectivity index (χ4v) is 4.68. The zero-order chi connectivity index (χ0) is 36.7. The number of fused-ring (bicyclic) bond motifs is 1. The van der Waals surface area contributed by atoms with Crippen LogP contribution in [-0.2, 0) is 32.0 Å². The Balaban J connectivity index is 2.01. The highest BCUT2D eigenvalue weighted by Crippen LogP contribution is 2.30. The number of carbonyl (C=O) groups excluding carboxylic acids is 4. The van der Waals surface area contributed by atoms with Crippen LogP contribution >= 0.6 is 0 Å². The second-order valence-electron chi connectivity index (χ2n) is 12.3. The van der Waals surface area contributed by atoms with E-state index >= 15 is 0 Å². The number of nitrogens with zero attached hydrogens (tertiary/aromatic N) is 3. The molecule has 0 saturated carbocycles. The number of anilines is 1. The number of amides is 3. The molecule has 3 aromatic rings. The zero-order valence-electron chi connectivity index (χ0n) is 27.9. The first-order valence-electron chi connectivity index (χ1n) is 15.2. The third-order valence-electron chi connectivity index (χ3n) is 6.89. The first kappa shape index (κ1) is 38.3. The van der Waals surface area contributed by atoms with Gasteiger partial charge in [0.05, 0.1) is 17.8 Å². The summed E-state index contributed by atoms with van der Waals surface area (Å²) in [6.45, 7) is 4.45. The molecule has 49 heavy (non-hydrogen) atoms. The number of nitrogens with one attached hydrogen (secondary N) is 2. The number of halogens is 4. The van der Waals surface area contributed by atoms with Gasteiger partial charge in [0.25, 0.3) is 11.5 Å². The topological polar surface area (TPSA) is 141 Å². The van der Waals surface area contributed by atoms with Gasteiger partial charge in [-0.1, -0.05) is 6.08 Å². The molecule has 0 radical (unpaired) electrons. The summed E-state index contributed by atoms with van der Waals surface area (Å²) in [5, 5.41) is 4.98. The Morgan fingerprint density at radius 2 is 1.78 bits per heavy atom. The number of aromatic nitrogens is 2. The van der Waals surface area contributed by atoms with Crippen LogP contribution in [-0.4, -0.2) is 77.1 Å². The maximum Gasteiger partial charge on any atom is 0.419 e. The Morgan fingerprint density at radius 1 is 1.08 bits per heavy atom. The van der Waals surface area contributed by atoms with Gasteiger partial charge >= 0.3 is 18.4 Å². The quantitative estimate of drug-likeness (QED) is 0.204. The number of pyridine rings is 1. The lowest BCUT2D eigenvalue weighted by Gasteiger charge is -2.22. The number of carbonyl (C=O) groups is 4. The molecular formula is C33H39F4N5O7. The second kappa shape index (κ2) is 15.8. The van der Waals surface area contributed by atoms with E-state index in [0.29, 0.717) is 0 Å². The Bertz CT molecular complexity index is 1790. The monoisotopic (exact) mass is 693 g/mol. The molecule has 3 amide bonds. The van der Waals surface area contributed by atoms with Crippen LogP contribution in [0.3, 0.4) is 0 Å². The van der Waals surface area contributed by atoms with Gasteiger partial charge in [0.1, 0.15) is 17.1 Å². The van der Waals surface area contributed by atoms with Crippen molar-refractivity contribution in [1.82, 2.24) is 19.4 Å². The number of hydrogen-bond donors (Lipinski definition) is 2. The van der Waals surface area contributed by atoms with Gasteiger partial charge in [0.15, 0.2) is 6.10 Å². The standard InChI is InChI=1S/C33H39F4N5O7/c1-32(2,3)49-31(47)42-23(18-21-17-22(34)16-20(27(21)42)13-14-33(35,36)37)19-41-15-9-10-24(29(41)45)39-28(44)25(48-30(46)40(5)6)11-7-8-12-26(43)38-4/h8-10,12,15-18,25H,7,11,13-14,19H2,1-6H3,(H,38,43)(H,39,44)/b12-8+/t25-/m0/s1. The molecule has 0 unspecified atom stereocenters. The van der Waals surface area contributed by atoms with Crippen LogP contribution in [0, 0.1) is 5.82 Å². The van der Waals surface area contributed by atoms with Crippen molar-refractivity contribution < 1.29 is 46.2 Å². The predicted molar refractivity (Wildman–Crippen MR) is 173 cm³/mol. The molecule has 12 nitrogen and oxygen atoms in total. The van der Waals surface area contributed by atoms with E-state index < -0.39 is 60.2 Å². The number of rotatable bonds is 11. The van der Waals surface area contributed by atoms with Crippen LogP contribution in [0.2, 0.25) is 0 Å². The van der Waals surface area contributed by atoms with E-state index in [1.807, 2.05) is 0 Å². The molecule has 16 heteroatoms. The summed E-state index contributed by atoms with van der Waals surface area (Å²) in [6.07, 6.45) is -5.31. The summed E-state index contributed by atoms with van der Waals surface area (Å²) in [4.78, 5) is 65.1. The zero-order valence-corrected chi connectivity index (χ0v) is 27.9. The van der Waals surface area contributed by atoms with Crippen molar-refractivity contribution in [3.8, 4) is 0 Å². The summed E-state index contributed by atoms with van der Waals surface area (Å²) in [7, 11) is 4.28. The molecule has 3 rings (SSSR count). The lowest BCUT2D eigenvalue weighted by Crippen LogP contribution is -2.37. The number of benzene rings is 1. The molecule has 0 aliphatic rings. The van der Waals surface area contributed by atoms with Crippen LogP contribution in [0.25, 0.3) is 10.9 Å². The van der Waals surface area contributed by atoms with Gasteiger partial charge in [-0.05, 0) is 82.0 Å². The Labute approximate surface area is 279 Å². The van der Waals surface area contributed by atoms with Crippen LogP contribution in [0.15, 0.2) is 53.5 Å². The van der Waals surface area contributed by atoms with Gasteiger partial charge < -0.3 is 29.6 Å². The molecule has 0 aliphatic heterocycles. The number of alkyl halides is 3. The molecule has 2 N–H and O–H groups in total. The van der Waals surface area contributed by atoms with Gasteiger partial charge in [-0.15, -0.1) is 0 Å². The molecule has 0 spiro atoms. The third-order valence-corrected chi connectivity index (χ3v) is 6.89. The van der Waals surface area contributed by atoms with Gasteiger partial charge in [0.2, 0.25) is 5.91 Å². The highest BCUT2D eigenvalue weighted by Gasteiger charge is 2.30. The largest absolute Gasteiger partial charge is 0.443 e. The van der Waals surface area contributed by atoms with E-state index in [4.69, 9.17) is 9.47 Å². The van der Waals surface area contributed by atoms with Crippen LogP contribution in [0.5, 0.6) is 0 Å². The second-order valence-corrected chi connectivity index (χ2v) is 12.3. The van der Waals surface area contributed by atoms with Crippen molar-refractivity contribution in [3.05, 3.63) is 76.1 Å². The van der Waals surface area contributed by atoms with Gasteiger partial charge in [-0.3, -0.25) is 14.4 Å². The first-order chi connectivity index (χ1) is 22.8. The van der Waals surface area contributed by atoms with Crippen molar-refractivity contribution in [2.75, 3.05) is 26.5 Å². The van der Waals surface area contributed by atoms with Crippen LogP contribution in [0.4, 0.5) is 32.8 Å². The fraction of sp³-hybridized carbons (Fsp3) is 0.424. The number of aryl methyl sites for hydroxylation is 1. The van der Waals surface area contributed by atoms with E-state index in [0.717, 1.165) is 26.2 Å². The van der Waals surface area contributed by atoms with Crippen molar-refractivity contribution in [3.63, 3.8) is 0 Å². The minimum Gasteiger partial charge on any atom is -0.443 e. The maximum atomic E-state index is 14.6. The molecule has 2 heterocycles. The van der Waals surface area contributed by atoms with Crippen molar-refractivity contribution in [2.24, 2.45) is 0 Å². The molecule has 266 valence electrons. The minimum absolute atomic E-state index is 0.00317. The third kappa shape index (κ3) is 10.9. The van der Waals surface area contributed by atoms with Crippen LogP contribution < -0.4 is 16.2 Å². The maximum absolute atomic E-state index is 14.6. The summed E-state index contributed by atoms with van der Waals surface area (Å²) >= 11 is 0. The Hall–Kier alpha value is -5.15. The van der Waals surface area contributed by atoms with E-state index in [1.54, 1.807) is 20.8 Å². The highest BCUT2D eigenvalue weighted by atomic mass is 19.4. The average Bonchev–Trinajstić information content (AvgIpc) is 3.35. The molecule has 0 bridgehead atoms. The number of allylic oxidation sites excluding steroid dienone is 1. The SMILES string of the molecule is CNC(=O)/C=C/CC[C@H](OC(=O)N(C)C)C(=O)Nc1cccn(Cc2cc3cc(F)cc(CCC(F)(F)F)c3n2C(=O)OC(C)(C)C)c1=O. The minimum atomic E-state index is -4.55. The van der Waals surface area contributed by atoms with E-state index in [1.165, 1.54) is 57.7 Å². The Kier molecular flexibility index (Phi) is 12.4. The van der Waals surface area contributed by atoms with Crippen molar-refractivity contribution in [1.29, 1.82) is 0 Å². The van der Waals surface area contributed by atoms with Crippen LogP contribution in [0.1, 0.15) is 51.3 Å². The number of likely N-dealkylation sites (N-methyl/N-ethyl adjacent to an activating group) is 1. The fourth-order valence-electron chi connectivity index (χ4n) is 4.68. The van der Waals surface area contributed by atoms with E-state index in [-0.39, 0.29) is 53.1 Å². The number of hydrogen-bond acceptors (Lipinski definition) is 7. The van der Waals surface area contributed by atoms with Gasteiger partial charge in [-0.25, -0.2) is 18.5 Å². The summed E-state index contributed by atoms with van der Waals surface area (Å²) < 4.78 is 67.0. The molecule has 0 fully saturated rings. The Morgan fingerprint density at radius 3 is 2.39 bits per heavy atom. The summed E-state index contributed by atoms with van der Waals surface area (Å²) in [6, 6.07) is 6.10. The van der Waals surface area contributed by atoms with Crippen molar-refractivity contribution >= 4 is 40.6 Å². The number of ether oxygens (including phenoxy) is 2. The molecular weight excluding hydrogens is 654 g/mol. The molecule has 0 aliphatic carbocycles. The normalized spacial score (nSPS) is 12.5. The van der Waals surface area contributed by atoms with Gasteiger partial charge in [-0.2, -0.15) is 13.2 Å². The molecule has 0 saturated heterocycles. The molecule has 2 aromatic heterocycles. The highest BCUT2D eigenvalue weighted by molar-refractivity contribution is 5.95. The van der Waals surface area contributed by atoms with E-state index in [2.05, 4.69) is 10.6 Å². The lowest BCUT2D eigenvalue weighted by atomic mass is 10.1.